The van der Waals surface area contributed by atoms with Crippen LogP contribution in [0.1, 0.15) is 54.7 Å². The van der Waals surface area contributed by atoms with Crippen LogP contribution in [-0.4, -0.2) is 26.7 Å². The molecule has 1 N–H and O–H groups in total. The Morgan fingerprint density at radius 1 is 1.62 bits per heavy atom. The molecule has 112 valence electrons. The fourth-order valence-corrected chi connectivity index (χ4v) is 2.58. The summed E-state index contributed by atoms with van der Waals surface area (Å²) in [5.41, 5.74) is 0.836. The number of imidazole rings is 1. The fraction of sp³-hybridized carbons (Fsp3) is 0.533. The monoisotopic (exact) mass is 288 g/mol. The lowest BCUT2D eigenvalue weighted by atomic mass is 10.0. The molecule has 1 amide bonds. The molecule has 1 aliphatic heterocycles. The van der Waals surface area contributed by atoms with Gasteiger partial charge in [0, 0.05) is 43.4 Å². The van der Waals surface area contributed by atoms with Gasteiger partial charge >= 0.3 is 0 Å². The summed E-state index contributed by atoms with van der Waals surface area (Å²) >= 11 is 0. The van der Waals surface area contributed by atoms with E-state index in [1.54, 1.807) is 12.3 Å². The minimum Gasteiger partial charge on any atom is -0.351 e. The lowest BCUT2D eigenvalue weighted by molar-refractivity contribution is 0.0890. The molecule has 2 aromatic rings. The van der Waals surface area contributed by atoms with Gasteiger partial charge in [0.25, 0.3) is 5.91 Å². The summed E-state index contributed by atoms with van der Waals surface area (Å²) in [5.74, 6) is 1.49. The first-order valence-electron chi connectivity index (χ1n) is 7.45. The highest BCUT2D eigenvalue weighted by atomic mass is 16.5. The normalized spacial score (nSPS) is 19.0. The second kappa shape index (κ2) is 5.71. The summed E-state index contributed by atoms with van der Waals surface area (Å²) in [4.78, 5) is 16.5. The van der Waals surface area contributed by atoms with Gasteiger partial charge in [0.1, 0.15) is 5.82 Å². The van der Waals surface area contributed by atoms with Gasteiger partial charge in [-0.15, -0.1) is 0 Å². The van der Waals surface area contributed by atoms with Crippen LogP contribution in [0, 0.1) is 0 Å². The van der Waals surface area contributed by atoms with E-state index in [9.17, 15) is 4.79 Å². The largest absolute Gasteiger partial charge is 0.351 e. The molecule has 0 saturated carbocycles. The first-order valence-corrected chi connectivity index (χ1v) is 7.45. The highest BCUT2D eigenvalue weighted by molar-refractivity contribution is 5.91. The Balaban J connectivity index is 1.63. The quantitative estimate of drug-likeness (QED) is 0.935. The lowest BCUT2D eigenvalue weighted by Crippen LogP contribution is -2.40. The molecule has 6 heteroatoms. The van der Waals surface area contributed by atoms with Gasteiger partial charge in [-0.1, -0.05) is 19.0 Å². The van der Waals surface area contributed by atoms with Gasteiger partial charge in [0.05, 0.1) is 5.69 Å². The number of aryl methyl sites for hydroxylation is 1. The zero-order valence-electron chi connectivity index (χ0n) is 12.4. The number of hydrogen-bond acceptors (Lipinski definition) is 4. The van der Waals surface area contributed by atoms with E-state index in [-0.39, 0.29) is 11.9 Å². The van der Waals surface area contributed by atoms with E-state index in [0.29, 0.717) is 11.7 Å². The number of fused-ring (bicyclic) bond motifs is 1. The van der Waals surface area contributed by atoms with Crippen molar-refractivity contribution in [1.82, 2.24) is 20.0 Å². The number of carbonyl (C=O) groups is 1. The van der Waals surface area contributed by atoms with Crippen LogP contribution in [0.2, 0.25) is 0 Å². The van der Waals surface area contributed by atoms with Crippen molar-refractivity contribution in [2.75, 3.05) is 0 Å². The van der Waals surface area contributed by atoms with Crippen molar-refractivity contribution < 1.29 is 9.32 Å². The lowest BCUT2D eigenvalue weighted by Gasteiger charge is -2.24. The molecule has 0 aromatic carbocycles. The van der Waals surface area contributed by atoms with E-state index in [1.807, 2.05) is 6.20 Å². The Morgan fingerprint density at radius 3 is 3.29 bits per heavy atom. The summed E-state index contributed by atoms with van der Waals surface area (Å²) in [6, 6.07) is 1.85. The van der Waals surface area contributed by atoms with Crippen LogP contribution in [-0.2, 0) is 13.0 Å². The van der Waals surface area contributed by atoms with Crippen molar-refractivity contribution in [1.29, 1.82) is 0 Å². The molecule has 2 atom stereocenters. The van der Waals surface area contributed by atoms with E-state index in [4.69, 9.17) is 4.52 Å². The molecule has 0 saturated heterocycles. The molecule has 0 spiro atoms. The maximum absolute atomic E-state index is 12.2. The second-order valence-electron chi connectivity index (χ2n) is 5.63. The van der Waals surface area contributed by atoms with Crippen LogP contribution in [0.15, 0.2) is 23.0 Å². The molecule has 0 bridgehead atoms. The molecule has 3 heterocycles. The van der Waals surface area contributed by atoms with Crippen molar-refractivity contribution in [3.8, 4) is 0 Å². The molecular formula is C15H20N4O2. The molecule has 21 heavy (non-hydrogen) atoms. The fourth-order valence-electron chi connectivity index (χ4n) is 2.58. The number of amides is 1. The summed E-state index contributed by atoms with van der Waals surface area (Å²) < 4.78 is 7.25. The third-order valence-electron chi connectivity index (χ3n) is 4.14. The molecule has 0 aliphatic carbocycles. The number of nitrogens with zero attached hydrogens (tertiary/aromatic N) is 3. The van der Waals surface area contributed by atoms with Crippen molar-refractivity contribution >= 4 is 5.91 Å². The molecule has 1 aliphatic rings. The molecule has 0 radical (unpaired) electrons. The van der Waals surface area contributed by atoms with Crippen molar-refractivity contribution in [3.63, 3.8) is 0 Å². The van der Waals surface area contributed by atoms with Gasteiger partial charge in [-0.2, -0.15) is 0 Å². The van der Waals surface area contributed by atoms with Gasteiger partial charge in [-0.3, -0.25) is 4.79 Å². The van der Waals surface area contributed by atoms with Crippen LogP contribution < -0.4 is 5.32 Å². The predicted molar refractivity (Wildman–Crippen MR) is 77.0 cm³/mol. The van der Waals surface area contributed by atoms with Crippen LogP contribution in [0.4, 0.5) is 0 Å². The average molecular weight is 288 g/mol. The number of hydrogen-bond donors (Lipinski definition) is 1. The van der Waals surface area contributed by atoms with Crippen LogP contribution >= 0.6 is 0 Å². The van der Waals surface area contributed by atoms with E-state index in [1.165, 1.54) is 0 Å². The van der Waals surface area contributed by atoms with E-state index in [0.717, 1.165) is 37.3 Å². The Labute approximate surface area is 123 Å². The summed E-state index contributed by atoms with van der Waals surface area (Å²) in [6.07, 6.45) is 6.50. The van der Waals surface area contributed by atoms with Crippen molar-refractivity contribution in [3.05, 3.63) is 35.7 Å². The first-order chi connectivity index (χ1) is 10.2. The molecular weight excluding hydrogens is 268 g/mol. The number of rotatable bonds is 4. The number of aromatic nitrogens is 3. The highest BCUT2D eigenvalue weighted by Crippen LogP contribution is 2.19. The number of carbonyl (C=O) groups excluding carboxylic acids is 1. The first kappa shape index (κ1) is 13.9. The molecule has 0 unspecified atom stereocenters. The SMILES string of the molecule is CC[C@@H](C)c1cc(C(=O)N[C@H]2CCc3nccn3C2)on1. The minimum atomic E-state index is -0.189. The standard InChI is InChI=1S/C15H20N4O2/c1-3-10(2)12-8-13(21-18-12)15(20)17-11-4-5-14-16-6-7-19(14)9-11/h6-8,10-11H,3-5,9H2,1-2H3,(H,17,20)/t10-,11+/m1/s1. The third-order valence-corrected chi connectivity index (χ3v) is 4.14. The molecule has 2 aromatic heterocycles. The smallest absolute Gasteiger partial charge is 0.290 e. The van der Waals surface area contributed by atoms with Gasteiger partial charge in [-0.05, 0) is 12.8 Å². The zero-order valence-corrected chi connectivity index (χ0v) is 12.4. The van der Waals surface area contributed by atoms with E-state index in [2.05, 4.69) is 33.9 Å². The average Bonchev–Trinajstić information content (AvgIpc) is 3.14. The van der Waals surface area contributed by atoms with Crippen LogP contribution in [0.25, 0.3) is 0 Å². The molecule has 3 rings (SSSR count). The number of nitrogens with one attached hydrogen (secondary N) is 1. The Kier molecular flexibility index (Phi) is 3.77. The van der Waals surface area contributed by atoms with E-state index < -0.39 is 0 Å². The van der Waals surface area contributed by atoms with Crippen molar-refractivity contribution in [2.24, 2.45) is 0 Å². The van der Waals surface area contributed by atoms with Gasteiger partial charge < -0.3 is 14.4 Å². The summed E-state index contributed by atoms with van der Waals surface area (Å²) in [5, 5.41) is 6.99. The molecule has 0 fully saturated rings. The summed E-state index contributed by atoms with van der Waals surface area (Å²) in [6.45, 7) is 4.92. The molecule has 6 nitrogen and oxygen atoms in total. The second-order valence-corrected chi connectivity index (χ2v) is 5.63. The highest BCUT2D eigenvalue weighted by Gasteiger charge is 2.23. The third kappa shape index (κ3) is 2.84. The maximum atomic E-state index is 12.2. The van der Waals surface area contributed by atoms with Crippen molar-refractivity contribution in [2.45, 2.75) is 51.6 Å². The summed E-state index contributed by atoms with van der Waals surface area (Å²) in [7, 11) is 0. The van der Waals surface area contributed by atoms with Gasteiger partial charge in [0.15, 0.2) is 0 Å². The Hall–Kier alpha value is -2.11. The van der Waals surface area contributed by atoms with Crippen LogP contribution in [0.5, 0.6) is 0 Å². The van der Waals surface area contributed by atoms with Gasteiger partial charge in [0.2, 0.25) is 5.76 Å². The minimum absolute atomic E-state index is 0.108. The topological polar surface area (TPSA) is 73.0 Å². The Morgan fingerprint density at radius 2 is 2.48 bits per heavy atom. The predicted octanol–water partition coefficient (Wildman–Crippen LogP) is 2.13. The maximum Gasteiger partial charge on any atom is 0.290 e. The van der Waals surface area contributed by atoms with Crippen LogP contribution in [0.3, 0.4) is 0 Å². The van der Waals surface area contributed by atoms with E-state index >= 15 is 0 Å². The Bertz CT molecular complexity index is 631. The van der Waals surface area contributed by atoms with Gasteiger partial charge in [-0.25, -0.2) is 4.98 Å². The zero-order chi connectivity index (χ0) is 14.8.